The third kappa shape index (κ3) is 2.01. The maximum Gasteiger partial charge on any atom is 0.269 e. The van der Waals surface area contributed by atoms with Crippen LogP contribution in [0.4, 0.5) is 11.4 Å². The molecule has 0 saturated heterocycles. The van der Waals surface area contributed by atoms with Gasteiger partial charge in [-0.2, -0.15) is 0 Å². The Morgan fingerprint density at radius 1 is 1.05 bits per heavy atom. The van der Waals surface area contributed by atoms with Crippen LogP contribution in [-0.4, -0.2) is 9.91 Å². The van der Waals surface area contributed by atoms with E-state index < -0.39 is 4.92 Å². The molecule has 0 amide bonds. The van der Waals surface area contributed by atoms with Crippen molar-refractivity contribution in [2.24, 2.45) is 0 Å². The normalized spacial score (nSPS) is 10.7. The quantitative estimate of drug-likeness (QED) is 0.417. The summed E-state index contributed by atoms with van der Waals surface area (Å²) < 4.78 is 0. The van der Waals surface area contributed by atoms with Gasteiger partial charge in [-0.25, -0.2) is 0 Å². The monoisotopic (exact) mass is 253 g/mol. The number of non-ortho nitro benzene ring substituents is 1. The summed E-state index contributed by atoms with van der Waals surface area (Å²) in [6, 6.07) is 14.1. The van der Waals surface area contributed by atoms with Crippen LogP contribution in [0.15, 0.2) is 48.5 Å². The van der Waals surface area contributed by atoms with E-state index in [4.69, 9.17) is 5.73 Å². The number of H-pyrrole nitrogens is 1. The van der Waals surface area contributed by atoms with Gasteiger partial charge in [0, 0.05) is 34.4 Å². The van der Waals surface area contributed by atoms with Crippen LogP contribution in [0.3, 0.4) is 0 Å². The predicted octanol–water partition coefficient (Wildman–Crippen LogP) is 3.33. The van der Waals surface area contributed by atoms with Crippen molar-refractivity contribution in [1.82, 2.24) is 4.98 Å². The van der Waals surface area contributed by atoms with Crippen molar-refractivity contribution in [3.05, 3.63) is 58.6 Å². The molecule has 0 atom stereocenters. The summed E-state index contributed by atoms with van der Waals surface area (Å²) in [6.45, 7) is 0. The summed E-state index contributed by atoms with van der Waals surface area (Å²) in [5.74, 6) is 0. The summed E-state index contributed by atoms with van der Waals surface area (Å²) in [5.41, 5.74) is 9.34. The van der Waals surface area contributed by atoms with Crippen molar-refractivity contribution in [3.63, 3.8) is 0 Å². The van der Waals surface area contributed by atoms with E-state index in [0.29, 0.717) is 5.69 Å². The number of fused-ring (bicyclic) bond motifs is 1. The summed E-state index contributed by atoms with van der Waals surface area (Å²) in [4.78, 5) is 13.5. The zero-order chi connectivity index (χ0) is 13.4. The second-order valence-electron chi connectivity index (χ2n) is 4.33. The minimum absolute atomic E-state index is 0.0871. The number of nitrogens with two attached hydrogens (primary N) is 1. The van der Waals surface area contributed by atoms with Crippen LogP contribution in [0, 0.1) is 10.1 Å². The molecule has 3 aromatic rings. The zero-order valence-electron chi connectivity index (χ0n) is 9.96. The average molecular weight is 253 g/mol. The number of nitrogens with zero attached hydrogens (tertiary/aromatic N) is 1. The molecule has 3 N–H and O–H groups in total. The molecular formula is C14H11N3O2. The van der Waals surface area contributed by atoms with Crippen LogP contribution in [0.1, 0.15) is 0 Å². The highest BCUT2D eigenvalue weighted by Gasteiger charge is 2.07. The van der Waals surface area contributed by atoms with Crippen molar-refractivity contribution in [3.8, 4) is 11.3 Å². The van der Waals surface area contributed by atoms with Gasteiger partial charge in [0.15, 0.2) is 0 Å². The van der Waals surface area contributed by atoms with Crippen LogP contribution >= 0.6 is 0 Å². The molecule has 0 aliphatic heterocycles. The Bertz CT molecular complexity index is 760. The lowest BCUT2D eigenvalue weighted by molar-refractivity contribution is -0.384. The van der Waals surface area contributed by atoms with E-state index in [-0.39, 0.29) is 5.69 Å². The summed E-state index contributed by atoms with van der Waals surface area (Å²) >= 11 is 0. The van der Waals surface area contributed by atoms with Gasteiger partial charge in [0.1, 0.15) is 0 Å². The van der Waals surface area contributed by atoms with Gasteiger partial charge in [-0.3, -0.25) is 10.1 Å². The number of nitrogens with one attached hydrogen (secondary N) is 1. The molecule has 5 nitrogen and oxygen atoms in total. The first kappa shape index (κ1) is 11.3. The van der Waals surface area contributed by atoms with E-state index >= 15 is 0 Å². The molecule has 5 heteroatoms. The van der Waals surface area contributed by atoms with E-state index in [2.05, 4.69) is 4.98 Å². The number of nitro groups is 1. The maximum absolute atomic E-state index is 10.6. The Morgan fingerprint density at radius 3 is 2.47 bits per heavy atom. The first-order valence-corrected chi connectivity index (χ1v) is 5.76. The van der Waals surface area contributed by atoms with E-state index in [1.165, 1.54) is 12.1 Å². The molecule has 94 valence electrons. The number of hydrogen-bond donors (Lipinski definition) is 2. The van der Waals surface area contributed by atoms with Gasteiger partial charge in [-0.05, 0) is 42.0 Å². The number of nitro benzene ring substituents is 1. The molecule has 0 bridgehead atoms. The van der Waals surface area contributed by atoms with Crippen molar-refractivity contribution in [1.29, 1.82) is 0 Å². The number of rotatable bonds is 2. The number of benzene rings is 2. The fraction of sp³-hybridized carbons (Fsp3) is 0. The van der Waals surface area contributed by atoms with Crippen molar-refractivity contribution >= 4 is 22.3 Å². The predicted molar refractivity (Wildman–Crippen MR) is 74.8 cm³/mol. The minimum Gasteiger partial charge on any atom is -0.399 e. The van der Waals surface area contributed by atoms with Crippen molar-refractivity contribution in [2.75, 3.05) is 5.73 Å². The third-order valence-electron chi connectivity index (χ3n) is 3.03. The Labute approximate surface area is 108 Å². The molecule has 1 heterocycles. The lowest BCUT2D eigenvalue weighted by Crippen LogP contribution is -1.87. The first-order valence-electron chi connectivity index (χ1n) is 5.76. The first-order chi connectivity index (χ1) is 9.13. The van der Waals surface area contributed by atoms with Crippen molar-refractivity contribution < 1.29 is 4.92 Å². The molecule has 0 radical (unpaired) electrons. The number of nitrogen functional groups attached to an aromatic ring is 1. The SMILES string of the molecule is Nc1ccc2[nH]c(-c3ccc([N+](=O)[O-])cc3)cc2c1. The lowest BCUT2D eigenvalue weighted by Gasteiger charge is -1.97. The van der Waals surface area contributed by atoms with E-state index in [1.807, 2.05) is 24.3 Å². The molecule has 2 aromatic carbocycles. The van der Waals surface area contributed by atoms with E-state index in [9.17, 15) is 10.1 Å². The van der Waals surface area contributed by atoms with E-state index in [0.717, 1.165) is 22.2 Å². The van der Waals surface area contributed by atoms with Crippen LogP contribution in [0.2, 0.25) is 0 Å². The van der Waals surface area contributed by atoms with Gasteiger partial charge >= 0.3 is 0 Å². The largest absolute Gasteiger partial charge is 0.399 e. The van der Waals surface area contributed by atoms with E-state index in [1.54, 1.807) is 12.1 Å². The number of hydrogen-bond acceptors (Lipinski definition) is 3. The van der Waals surface area contributed by atoms with Gasteiger partial charge in [0.05, 0.1) is 4.92 Å². The highest BCUT2D eigenvalue weighted by Crippen LogP contribution is 2.26. The smallest absolute Gasteiger partial charge is 0.269 e. The van der Waals surface area contributed by atoms with Crippen molar-refractivity contribution in [2.45, 2.75) is 0 Å². The van der Waals surface area contributed by atoms with Crippen LogP contribution in [0.5, 0.6) is 0 Å². The summed E-state index contributed by atoms with van der Waals surface area (Å²) in [6.07, 6.45) is 0. The molecule has 0 fully saturated rings. The van der Waals surface area contributed by atoms with Gasteiger partial charge < -0.3 is 10.7 Å². The molecule has 1 aromatic heterocycles. The molecule has 0 aliphatic carbocycles. The second-order valence-corrected chi connectivity index (χ2v) is 4.33. The zero-order valence-corrected chi connectivity index (χ0v) is 9.96. The van der Waals surface area contributed by atoms with Gasteiger partial charge in [0.2, 0.25) is 0 Å². The Balaban J connectivity index is 2.06. The number of anilines is 1. The standard InChI is InChI=1S/C14H11N3O2/c15-11-3-6-13-10(7-11)8-14(16-13)9-1-4-12(5-2-9)17(18)19/h1-8,16H,15H2. The molecule has 0 unspecified atom stereocenters. The molecule has 19 heavy (non-hydrogen) atoms. The molecule has 3 rings (SSSR count). The molecule has 0 aliphatic rings. The number of aromatic nitrogens is 1. The Morgan fingerprint density at radius 2 is 1.79 bits per heavy atom. The van der Waals surface area contributed by atoms with Gasteiger partial charge in [0.25, 0.3) is 5.69 Å². The topological polar surface area (TPSA) is 85.0 Å². The summed E-state index contributed by atoms with van der Waals surface area (Å²) in [5, 5.41) is 11.6. The highest BCUT2D eigenvalue weighted by atomic mass is 16.6. The Hall–Kier alpha value is -2.82. The maximum atomic E-state index is 10.6. The lowest BCUT2D eigenvalue weighted by atomic mass is 10.1. The minimum atomic E-state index is -0.407. The molecule has 0 saturated carbocycles. The van der Waals surface area contributed by atoms with Crippen LogP contribution < -0.4 is 5.73 Å². The second kappa shape index (κ2) is 4.13. The fourth-order valence-corrected chi connectivity index (χ4v) is 2.07. The number of aromatic amines is 1. The third-order valence-corrected chi connectivity index (χ3v) is 3.03. The van der Waals surface area contributed by atoms with Crippen LogP contribution in [0.25, 0.3) is 22.2 Å². The van der Waals surface area contributed by atoms with Gasteiger partial charge in [-0.1, -0.05) is 0 Å². The Kier molecular flexibility index (Phi) is 2.45. The molecular weight excluding hydrogens is 242 g/mol. The molecule has 0 spiro atoms. The summed E-state index contributed by atoms with van der Waals surface area (Å²) in [7, 11) is 0. The van der Waals surface area contributed by atoms with Gasteiger partial charge in [-0.15, -0.1) is 0 Å². The van der Waals surface area contributed by atoms with Crippen LogP contribution in [-0.2, 0) is 0 Å². The average Bonchev–Trinajstić information content (AvgIpc) is 2.81. The highest BCUT2D eigenvalue weighted by molar-refractivity contribution is 5.88. The fourth-order valence-electron chi connectivity index (χ4n) is 2.07.